The van der Waals surface area contributed by atoms with E-state index in [9.17, 15) is 15.0 Å². The van der Waals surface area contributed by atoms with Gasteiger partial charge in [-0.3, -0.25) is 0 Å². The van der Waals surface area contributed by atoms with Crippen molar-refractivity contribution in [1.29, 1.82) is 5.41 Å². The van der Waals surface area contributed by atoms with Gasteiger partial charge in [-0.05, 0) is 30.5 Å². The Hall–Kier alpha value is -3.34. The van der Waals surface area contributed by atoms with E-state index < -0.39 is 5.97 Å². The average molecular weight is 381 g/mol. The molecule has 0 saturated carbocycles. The molecule has 0 spiro atoms. The molecule has 0 unspecified atom stereocenters. The van der Waals surface area contributed by atoms with Gasteiger partial charge in [-0.1, -0.05) is 55.5 Å². The fraction of sp³-hybridized carbons (Fsp3) is 0.217. The van der Waals surface area contributed by atoms with Crippen LogP contribution in [0.3, 0.4) is 0 Å². The van der Waals surface area contributed by atoms with Crippen molar-refractivity contribution in [2.75, 3.05) is 6.61 Å². The Morgan fingerprint density at radius 1 is 1.14 bits per heavy atom. The number of esters is 1. The number of benzene rings is 2. The zero-order valence-corrected chi connectivity index (χ0v) is 16.1. The molecule has 5 heteroatoms. The monoisotopic (exact) mass is 381 g/mol. The van der Waals surface area contributed by atoms with Crippen LogP contribution < -0.4 is 0 Å². The second-order valence-corrected chi connectivity index (χ2v) is 5.88. The lowest BCUT2D eigenvalue weighted by molar-refractivity contribution is 0.0507. The van der Waals surface area contributed by atoms with Crippen LogP contribution in [0.5, 0.6) is 11.5 Å². The Morgan fingerprint density at radius 3 is 2.29 bits per heavy atom. The largest absolute Gasteiger partial charge is 0.508 e. The maximum Gasteiger partial charge on any atom is 0.342 e. The standard InChI is InChI=1S/C17H21NO4.C6H6/c1-3-5-7-13(18)9-12-10-14(19)11-15(20)16(12)17(21)22-8-6-4-2;1-2-4-6-5-3-1/h4-5,7,10-11,18-20H,2-3,6,8-9H2,1H3;1-6H/b7-5+,18-13?;. The maximum atomic E-state index is 12.1. The molecule has 0 heterocycles. The molecular weight excluding hydrogens is 354 g/mol. The number of rotatable bonds is 8. The third-order valence-electron chi connectivity index (χ3n) is 3.55. The number of carbonyl (C=O) groups excluding carboxylic acids is 1. The molecule has 0 saturated heterocycles. The lowest BCUT2D eigenvalue weighted by Gasteiger charge is -2.11. The van der Waals surface area contributed by atoms with Gasteiger partial charge in [-0.25, -0.2) is 4.79 Å². The second-order valence-electron chi connectivity index (χ2n) is 5.88. The highest BCUT2D eigenvalue weighted by molar-refractivity contribution is 5.99. The summed E-state index contributed by atoms with van der Waals surface area (Å²) in [7, 11) is 0. The Labute approximate surface area is 166 Å². The highest BCUT2D eigenvalue weighted by atomic mass is 16.5. The topological polar surface area (TPSA) is 90.6 Å². The highest BCUT2D eigenvalue weighted by Gasteiger charge is 2.19. The van der Waals surface area contributed by atoms with Crippen molar-refractivity contribution in [3.05, 3.63) is 84.5 Å². The zero-order chi connectivity index (χ0) is 20.8. The van der Waals surface area contributed by atoms with Crippen LogP contribution in [0.2, 0.25) is 0 Å². The van der Waals surface area contributed by atoms with E-state index >= 15 is 0 Å². The number of allylic oxidation sites excluding steroid dienone is 2. The summed E-state index contributed by atoms with van der Waals surface area (Å²) in [4.78, 5) is 12.1. The SMILES string of the molecule is C=CCCOC(=O)c1c(O)cc(O)cc1CC(=N)/C=C/CC.c1ccccc1. The predicted octanol–water partition coefficient (Wildman–Crippen LogP) is 5.05. The van der Waals surface area contributed by atoms with Crippen molar-refractivity contribution in [2.45, 2.75) is 26.2 Å². The normalized spacial score (nSPS) is 10.0. The molecule has 2 aromatic carbocycles. The van der Waals surface area contributed by atoms with Gasteiger partial charge in [0.2, 0.25) is 0 Å². The minimum atomic E-state index is -0.679. The fourth-order valence-corrected chi connectivity index (χ4v) is 2.26. The molecule has 148 valence electrons. The number of hydrogen-bond acceptors (Lipinski definition) is 5. The first kappa shape index (κ1) is 22.7. The third-order valence-corrected chi connectivity index (χ3v) is 3.55. The zero-order valence-electron chi connectivity index (χ0n) is 16.1. The summed E-state index contributed by atoms with van der Waals surface area (Å²) >= 11 is 0. The van der Waals surface area contributed by atoms with Crippen molar-refractivity contribution in [3.8, 4) is 11.5 Å². The molecule has 0 atom stereocenters. The highest BCUT2D eigenvalue weighted by Crippen LogP contribution is 2.28. The smallest absolute Gasteiger partial charge is 0.342 e. The van der Waals surface area contributed by atoms with E-state index in [2.05, 4.69) is 6.58 Å². The quantitative estimate of drug-likeness (QED) is 0.258. The van der Waals surface area contributed by atoms with Crippen molar-refractivity contribution in [2.24, 2.45) is 0 Å². The second kappa shape index (κ2) is 12.9. The number of nitrogens with one attached hydrogen (secondary N) is 1. The van der Waals surface area contributed by atoms with E-state index in [4.69, 9.17) is 10.1 Å². The van der Waals surface area contributed by atoms with Crippen molar-refractivity contribution in [1.82, 2.24) is 0 Å². The Kier molecular flexibility index (Phi) is 10.5. The van der Waals surface area contributed by atoms with Crippen LogP contribution in [0.1, 0.15) is 35.7 Å². The lowest BCUT2D eigenvalue weighted by Crippen LogP contribution is -2.11. The van der Waals surface area contributed by atoms with Crippen molar-refractivity contribution < 1.29 is 19.7 Å². The Morgan fingerprint density at radius 2 is 1.75 bits per heavy atom. The van der Waals surface area contributed by atoms with Gasteiger partial charge in [-0.2, -0.15) is 0 Å². The molecule has 2 aromatic rings. The molecular formula is C23H27NO4. The lowest BCUT2D eigenvalue weighted by atomic mass is 10.00. The molecule has 28 heavy (non-hydrogen) atoms. The first-order valence-electron chi connectivity index (χ1n) is 9.06. The Bertz CT molecular complexity index is 771. The van der Waals surface area contributed by atoms with Crippen LogP contribution in [0.15, 0.2) is 73.3 Å². The number of phenolic OH excluding ortho intramolecular Hbond substituents is 2. The minimum Gasteiger partial charge on any atom is -0.508 e. The average Bonchev–Trinajstić information content (AvgIpc) is 2.68. The van der Waals surface area contributed by atoms with Gasteiger partial charge in [0, 0.05) is 18.2 Å². The van der Waals surface area contributed by atoms with Crippen LogP contribution in [0.25, 0.3) is 0 Å². The predicted molar refractivity (Wildman–Crippen MR) is 112 cm³/mol. The molecule has 0 bridgehead atoms. The van der Waals surface area contributed by atoms with Gasteiger partial charge in [-0.15, -0.1) is 6.58 Å². The first-order chi connectivity index (χ1) is 13.5. The van der Waals surface area contributed by atoms with E-state index in [0.717, 1.165) is 12.5 Å². The van der Waals surface area contributed by atoms with E-state index in [1.807, 2.05) is 49.4 Å². The molecule has 2 rings (SSSR count). The summed E-state index contributed by atoms with van der Waals surface area (Å²) in [6.45, 7) is 5.65. The van der Waals surface area contributed by atoms with E-state index in [1.54, 1.807) is 12.2 Å². The fourth-order valence-electron chi connectivity index (χ4n) is 2.26. The van der Waals surface area contributed by atoms with Crippen molar-refractivity contribution in [3.63, 3.8) is 0 Å². The van der Waals surface area contributed by atoms with Gasteiger partial charge >= 0.3 is 5.97 Å². The van der Waals surface area contributed by atoms with Gasteiger partial charge < -0.3 is 20.4 Å². The number of phenols is 2. The molecule has 0 aliphatic rings. The van der Waals surface area contributed by atoms with Gasteiger partial charge in [0.25, 0.3) is 0 Å². The van der Waals surface area contributed by atoms with Gasteiger partial charge in [0.15, 0.2) is 0 Å². The van der Waals surface area contributed by atoms with Crippen LogP contribution >= 0.6 is 0 Å². The van der Waals surface area contributed by atoms with E-state index in [0.29, 0.717) is 12.0 Å². The molecule has 0 amide bonds. The molecule has 5 nitrogen and oxygen atoms in total. The van der Waals surface area contributed by atoms with Crippen LogP contribution in [-0.4, -0.2) is 28.5 Å². The van der Waals surface area contributed by atoms with Crippen LogP contribution in [-0.2, 0) is 11.2 Å². The number of hydrogen-bond donors (Lipinski definition) is 3. The minimum absolute atomic E-state index is 0.0171. The van der Waals surface area contributed by atoms with Gasteiger partial charge in [0.1, 0.15) is 17.1 Å². The Balaban J connectivity index is 0.000000552. The molecule has 0 radical (unpaired) electrons. The number of carbonyl (C=O) groups is 1. The summed E-state index contributed by atoms with van der Waals surface area (Å²) in [5, 5.41) is 27.4. The molecule has 3 N–H and O–H groups in total. The molecule has 0 aliphatic heterocycles. The maximum absolute atomic E-state index is 12.1. The van der Waals surface area contributed by atoms with Gasteiger partial charge in [0.05, 0.1) is 6.61 Å². The summed E-state index contributed by atoms with van der Waals surface area (Å²) in [6.07, 6.45) is 6.50. The number of aromatic hydroxyl groups is 2. The van der Waals surface area contributed by atoms with Crippen LogP contribution in [0, 0.1) is 5.41 Å². The molecule has 0 fully saturated rings. The van der Waals surface area contributed by atoms with Crippen molar-refractivity contribution >= 4 is 11.7 Å². The summed E-state index contributed by atoms with van der Waals surface area (Å²) in [5.74, 6) is -1.20. The van der Waals surface area contributed by atoms with E-state index in [1.165, 1.54) is 6.07 Å². The number of ether oxygens (including phenoxy) is 1. The summed E-state index contributed by atoms with van der Waals surface area (Å²) in [6, 6.07) is 14.4. The summed E-state index contributed by atoms with van der Waals surface area (Å²) < 4.78 is 5.05. The third kappa shape index (κ3) is 8.36. The van der Waals surface area contributed by atoms with E-state index in [-0.39, 0.29) is 35.8 Å². The van der Waals surface area contributed by atoms with Crippen LogP contribution in [0.4, 0.5) is 0 Å². The molecule has 0 aliphatic carbocycles. The first-order valence-corrected chi connectivity index (χ1v) is 9.06. The molecule has 0 aromatic heterocycles. The summed E-state index contributed by atoms with van der Waals surface area (Å²) in [5.41, 5.74) is 0.607.